The van der Waals surface area contributed by atoms with E-state index < -0.39 is 0 Å². The number of nitrogens with one attached hydrogen (secondary N) is 1. The number of anilines is 1. The molecule has 1 atom stereocenters. The van der Waals surface area contributed by atoms with Gasteiger partial charge in [-0.15, -0.1) is 0 Å². The van der Waals surface area contributed by atoms with Crippen molar-refractivity contribution in [3.8, 4) is 11.3 Å². The van der Waals surface area contributed by atoms with Gasteiger partial charge < -0.3 is 10.6 Å². The third kappa shape index (κ3) is 4.73. The second-order valence-electron chi connectivity index (χ2n) is 10.2. The Balaban J connectivity index is 1.57. The lowest BCUT2D eigenvalue weighted by atomic mass is 9.84. The van der Waals surface area contributed by atoms with Crippen molar-refractivity contribution < 1.29 is 0 Å². The Morgan fingerprint density at radius 1 is 1.22 bits per heavy atom. The molecule has 0 fully saturated rings. The molecular formula is C27H37N5. The van der Waals surface area contributed by atoms with Gasteiger partial charge in [-0.1, -0.05) is 64.1 Å². The molecule has 3 N–H and O–H groups in total. The molecule has 0 bridgehead atoms. The van der Waals surface area contributed by atoms with E-state index in [-0.39, 0.29) is 5.41 Å². The molecule has 1 aliphatic carbocycles. The maximum atomic E-state index is 5.92. The van der Waals surface area contributed by atoms with Crippen molar-refractivity contribution in [1.82, 2.24) is 15.4 Å². The van der Waals surface area contributed by atoms with Gasteiger partial charge >= 0.3 is 0 Å². The number of nitrogens with zero attached hydrogens (tertiary/aromatic N) is 3. The van der Waals surface area contributed by atoms with Crippen LogP contribution in [-0.4, -0.2) is 28.5 Å². The maximum absolute atomic E-state index is 5.92. The van der Waals surface area contributed by atoms with Gasteiger partial charge in [-0.2, -0.15) is 15.4 Å². The van der Waals surface area contributed by atoms with Crippen LogP contribution in [0.1, 0.15) is 65.0 Å². The van der Waals surface area contributed by atoms with Crippen LogP contribution in [-0.2, 0) is 0 Å². The minimum atomic E-state index is 0.221. The van der Waals surface area contributed by atoms with E-state index in [1.54, 1.807) is 0 Å². The number of benzene rings is 1. The number of fused-ring (bicyclic) bond motifs is 4. The number of allylic oxidation sites excluding steroid dienone is 3. The number of nitrogens with two attached hydrogens (primary N) is 1. The molecule has 2 aromatic rings. The molecule has 1 aliphatic heterocycles. The predicted octanol–water partition coefficient (Wildman–Crippen LogP) is 6.09. The maximum Gasteiger partial charge on any atom is 0.122 e. The van der Waals surface area contributed by atoms with Crippen molar-refractivity contribution in [2.24, 2.45) is 17.1 Å². The monoisotopic (exact) mass is 431 g/mol. The first-order valence-electron chi connectivity index (χ1n) is 11.9. The van der Waals surface area contributed by atoms with E-state index in [0.29, 0.717) is 5.92 Å². The number of rotatable bonds is 8. The van der Waals surface area contributed by atoms with E-state index in [9.17, 15) is 0 Å². The van der Waals surface area contributed by atoms with Crippen LogP contribution in [0.5, 0.6) is 0 Å². The topological polar surface area (TPSA) is 70.8 Å². The second kappa shape index (κ2) is 9.45. The van der Waals surface area contributed by atoms with Crippen LogP contribution in [0, 0.1) is 11.3 Å². The molecule has 2 heterocycles. The lowest BCUT2D eigenvalue weighted by Crippen LogP contribution is -2.27. The highest BCUT2D eigenvalue weighted by Crippen LogP contribution is 2.41. The molecule has 5 nitrogen and oxygen atoms in total. The van der Waals surface area contributed by atoms with Crippen LogP contribution in [0.15, 0.2) is 54.3 Å². The van der Waals surface area contributed by atoms with Crippen molar-refractivity contribution in [2.45, 2.75) is 59.3 Å². The molecule has 0 saturated heterocycles. The Morgan fingerprint density at radius 2 is 2.00 bits per heavy atom. The molecule has 0 saturated carbocycles. The van der Waals surface area contributed by atoms with Crippen molar-refractivity contribution in [1.29, 1.82) is 0 Å². The molecule has 32 heavy (non-hydrogen) atoms. The zero-order valence-electron chi connectivity index (χ0n) is 19.8. The normalized spacial score (nSPS) is 16.7. The van der Waals surface area contributed by atoms with Crippen molar-refractivity contribution >= 4 is 11.3 Å². The molecule has 1 aromatic heterocycles. The first-order valence-corrected chi connectivity index (χ1v) is 11.9. The van der Waals surface area contributed by atoms with E-state index in [1.807, 2.05) is 0 Å². The summed E-state index contributed by atoms with van der Waals surface area (Å²) in [5.74, 6) is 0.647. The quantitative estimate of drug-likeness (QED) is 0.530. The zero-order chi connectivity index (χ0) is 22.7. The first-order chi connectivity index (χ1) is 15.4. The van der Waals surface area contributed by atoms with Crippen LogP contribution >= 0.6 is 0 Å². The van der Waals surface area contributed by atoms with Crippen LogP contribution in [0.4, 0.5) is 5.69 Å². The molecule has 2 aliphatic rings. The Morgan fingerprint density at radius 3 is 2.81 bits per heavy atom. The smallest absolute Gasteiger partial charge is 0.122 e. The second-order valence-corrected chi connectivity index (χ2v) is 10.2. The molecule has 0 spiro atoms. The Labute approximate surface area is 192 Å². The van der Waals surface area contributed by atoms with Crippen LogP contribution in [0.2, 0.25) is 0 Å². The molecule has 170 valence electrons. The van der Waals surface area contributed by atoms with Crippen molar-refractivity contribution in [3.63, 3.8) is 0 Å². The third-order valence-electron chi connectivity index (χ3n) is 7.05. The highest BCUT2D eigenvalue weighted by atomic mass is 15.3. The Hall–Kier alpha value is -2.66. The van der Waals surface area contributed by atoms with E-state index in [4.69, 9.17) is 5.73 Å². The number of H-pyrrole nitrogens is 1. The molecular weight excluding hydrogens is 394 g/mol. The van der Waals surface area contributed by atoms with Crippen LogP contribution in [0.25, 0.3) is 16.8 Å². The molecule has 0 radical (unpaired) electrons. The summed E-state index contributed by atoms with van der Waals surface area (Å²) in [7, 11) is 0. The Kier molecular flexibility index (Phi) is 6.66. The first kappa shape index (κ1) is 22.5. The van der Waals surface area contributed by atoms with E-state index in [1.165, 1.54) is 29.7 Å². The number of aromatic amines is 1. The van der Waals surface area contributed by atoms with Crippen LogP contribution in [0.3, 0.4) is 0 Å². The summed E-state index contributed by atoms with van der Waals surface area (Å²) in [6, 6.07) is 8.52. The fraction of sp³-hybridized carbons (Fsp3) is 0.481. The minimum absolute atomic E-state index is 0.221. The molecule has 0 amide bonds. The molecule has 4 rings (SSSR count). The standard InChI is InChI=1S/C27H37N5/c1-19(15-16-27(3,4)18-28)13-14-20(2)32-17-21-9-5-6-10-22(21)25-26(30-31-29-25)23-11-7-8-12-24(23)32/h5,7-9,11-12,19H,2,6,10,13-18,28H2,1,3-4H3,(H,29,30,31). The highest BCUT2D eigenvalue weighted by molar-refractivity contribution is 5.88. The zero-order valence-corrected chi connectivity index (χ0v) is 19.8. The summed E-state index contributed by atoms with van der Waals surface area (Å²) in [4.78, 5) is 2.40. The largest absolute Gasteiger partial charge is 0.341 e. The van der Waals surface area contributed by atoms with Gasteiger partial charge in [0.05, 0.1) is 5.69 Å². The van der Waals surface area contributed by atoms with Gasteiger partial charge in [-0.05, 0) is 67.2 Å². The van der Waals surface area contributed by atoms with Gasteiger partial charge in [0.15, 0.2) is 0 Å². The average Bonchev–Trinajstić information content (AvgIpc) is 3.28. The Bertz CT molecular complexity index is 1030. The summed E-state index contributed by atoms with van der Waals surface area (Å²) in [5.41, 5.74) is 14.2. The number of para-hydroxylation sites is 1. The average molecular weight is 432 g/mol. The summed E-state index contributed by atoms with van der Waals surface area (Å²) in [6.07, 6.45) is 11.1. The third-order valence-corrected chi connectivity index (χ3v) is 7.05. The van der Waals surface area contributed by atoms with Gasteiger partial charge in [-0.3, -0.25) is 0 Å². The number of hydrogen-bond acceptors (Lipinski definition) is 4. The van der Waals surface area contributed by atoms with Crippen molar-refractivity contribution in [3.05, 3.63) is 60.0 Å². The van der Waals surface area contributed by atoms with E-state index in [0.717, 1.165) is 61.4 Å². The lowest BCUT2D eigenvalue weighted by Gasteiger charge is -2.33. The van der Waals surface area contributed by atoms with Gasteiger partial charge in [0.1, 0.15) is 11.4 Å². The van der Waals surface area contributed by atoms with E-state index in [2.05, 4.69) is 84.1 Å². The predicted molar refractivity (Wildman–Crippen MR) is 134 cm³/mol. The summed E-state index contributed by atoms with van der Waals surface area (Å²) >= 11 is 0. The fourth-order valence-corrected chi connectivity index (χ4v) is 4.64. The molecule has 5 heteroatoms. The van der Waals surface area contributed by atoms with E-state index >= 15 is 0 Å². The lowest BCUT2D eigenvalue weighted by molar-refractivity contribution is 0.303. The van der Waals surface area contributed by atoms with Crippen LogP contribution < -0.4 is 10.6 Å². The number of aromatic nitrogens is 3. The highest BCUT2D eigenvalue weighted by Gasteiger charge is 2.27. The number of hydrogen-bond donors (Lipinski definition) is 2. The van der Waals surface area contributed by atoms with Gasteiger partial charge in [0.2, 0.25) is 0 Å². The van der Waals surface area contributed by atoms with Gasteiger partial charge in [0.25, 0.3) is 0 Å². The minimum Gasteiger partial charge on any atom is -0.341 e. The van der Waals surface area contributed by atoms with Gasteiger partial charge in [0, 0.05) is 17.8 Å². The molecule has 1 unspecified atom stereocenters. The fourth-order valence-electron chi connectivity index (χ4n) is 4.64. The van der Waals surface area contributed by atoms with Crippen molar-refractivity contribution in [2.75, 3.05) is 18.0 Å². The summed E-state index contributed by atoms with van der Waals surface area (Å²) in [6.45, 7) is 13.0. The SMILES string of the molecule is C=C(CCC(C)CCC(C)(C)CN)N1CC2=C(CCC=C2)c2n[nH]nc2-c2ccccc21. The molecule has 1 aromatic carbocycles. The summed E-state index contributed by atoms with van der Waals surface area (Å²) < 4.78 is 0. The summed E-state index contributed by atoms with van der Waals surface area (Å²) in [5, 5.41) is 12.0. The van der Waals surface area contributed by atoms with Gasteiger partial charge in [-0.25, -0.2) is 0 Å².